The summed E-state index contributed by atoms with van der Waals surface area (Å²) in [5, 5.41) is 7.57. The van der Waals surface area contributed by atoms with Crippen LogP contribution in [0.5, 0.6) is 0 Å². The Hall–Kier alpha value is -1.71. The number of rotatable bonds is 1. The highest BCUT2D eigenvalue weighted by Gasteiger charge is 2.23. The van der Waals surface area contributed by atoms with E-state index in [1.54, 1.807) is 17.3 Å². The van der Waals surface area contributed by atoms with Crippen LogP contribution < -0.4 is 0 Å². The minimum atomic E-state index is -0.104. The second-order valence-electron chi connectivity index (χ2n) is 2.55. The number of fused-ring (bicyclic) bond motifs is 1. The Morgan fingerprint density at radius 2 is 2.58 bits per heavy atom. The van der Waals surface area contributed by atoms with E-state index in [2.05, 4.69) is 16.8 Å². The maximum Gasteiger partial charge on any atom is 0.250 e. The number of carbonyl (C=O) groups excluding carboxylic acids is 1. The Kier molecular flexibility index (Phi) is 1.40. The fourth-order valence-electron chi connectivity index (χ4n) is 1.16. The van der Waals surface area contributed by atoms with Crippen molar-refractivity contribution in [3.8, 4) is 0 Å². The van der Waals surface area contributed by atoms with Gasteiger partial charge in [-0.2, -0.15) is 10.2 Å². The SMILES string of the molecule is C=CC(=O)N1C=C2C=NN=C2C1. The Bertz CT molecular complexity index is 338. The Morgan fingerprint density at radius 3 is 3.25 bits per heavy atom. The zero-order valence-corrected chi connectivity index (χ0v) is 6.40. The van der Waals surface area contributed by atoms with Gasteiger partial charge in [-0.1, -0.05) is 6.58 Å². The minimum Gasteiger partial charge on any atom is -0.309 e. The zero-order valence-electron chi connectivity index (χ0n) is 6.40. The summed E-state index contributed by atoms with van der Waals surface area (Å²) in [6, 6.07) is 0. The van der Waals surface area contributed by atoms with Gasteiger partial charge in [0.15, 0.2) is 0 Å². The summed E-state index contributed by atoms with van der Waals surface area (Å²) in [5.74, 6) is -0.104. The average Bonchev–Trinajstić information content (AvgIpc) is 2.60. The standard InChI is InChI=1S/C8H7N3O/c1-2-8(12)11-4-6-3-9-10-7(6)5-11/h2-4H,1,5H2. The molecule has 0 aromatic heterocycles. The number of carbonyl (C=O) groups is 1. The van der Waals surface area contributed by atoms with E-state index in [4.69, 9.17) is 0 Å². The molecule has 12 heavy (non-hydrogen) atoms. The molecule has 0 fully saturated rings. The molecule has 2 aliphatic heterocycles. The van der Waals surface area contributed by atoms with Crippen LogP contribution in [0.15, 0.2) is 34.6 Å². The molecule has 2 heterocycles. The van der Waals surface area contributed by atoms with E-state index in [0.29, 0.717) is 6.54 Å². The van der Waals surface area contributed by atoms with Gasteiger partial charge in [0.25, 0.3) is 0 Å². The van der Waals surface area contributed by atoms with E-state index in [9.17, 15) is 4.79 Å². The van der Waals surface area contributed by atoms with Crippen LogP contribution in [-0.2, 0) is 4.79 Å². The molecule has 2 aliphatic rings. The lowest BCUT2D eigenvalue weighted by Gasteiger charge is -2.08. The van der Waals surface area contributed by atoms with Crippen molar-refractivity contribution in [3.05, 3.63) is 24.4 Å². The van der Waals surface area contributed by atoms with Gasteiger partial charge >= 0.3 is 0 Å². The molecule has 0 N–H and O–H groups in total. The van der Waals surface area contributed by atoms with Gasteiger partial charge in [-0.25, -0.2) is 0 Å². The molecule has 0 radical (unpaired) electrons. The van der Waals surface area contributed by atoms with Gasteiger partial charge in [0.1, 0.15) is 0 Å². The van der Waals surface area contributed by atoms with E-state index in [1.165, 1.54) is 6.08 Å². The van der Waals surface area contributed by atoms with Gasteiger partial charge in [0.05, 0.1) is 18.5 Å². The molecule has 0 bridgehead atoms. The van der Waals surface area contributed by atoms with Crippen molar-refractivity contribution in [3.63, 3.8) is 0 Å². The summed E-state index contributed by atoms with van der Waals surface area (Å²) in [7, 11) is 0. The molecule has 4 heteroatoms. The summed E-state index contributed by atoms with van der Waals surface area (Å²) in [6.45, 7) is 3.92. The summed E-state index contributed by atoms with van der Waals surface area (Å²) in [6.07, 6.45) is 4.67. The molecule has 0 unspecified atom stereocenters. The van der Waals surface area contributed by atoms with E-state index >= 15 is 0 Å². The lowest BCUT2D eigenvalue weighted by atomic mass is 10.2. The first kappa shape index (κ1) is 6.97. The topological polar surface area (TPSA) is 45.0 Å². The zero-order chi connectivity index (χ0) is 8.55. The Labute approximate surface area is 69.6 Å². The van der Waals surface area contributed by atoms with Crippen LogP contribution in [0.3, 0.4) is 0 Å². The third-order valence-corrected chi connectivity index (χ3v) is 1.78. The first-order valence-corrected chi connectivity index (χ1v) is 3.56. The first-order chi connectivity index (χ1) is 5.81. The predicted octanol–water partition coefficient (Wildman–Crippen LogP) is 0.339. The summed E-state index contributed by atoms with van der Waals surface area (Å²) in [5.41, 5.74) is 1.77. The van der Waals surface area contributed by atoms with E-state index in [0.717, 1.165) is 11.3 Å². The van der Waals surface area contributed by atoms with Crippen molar-refractivity contribution in [1.29, 1.82) is 0 Å². The quantitative estimate of drug-likeness (QED) is 0.511. The Balaban J connectivity index is 2.23. The maximum absolute atomic E-state index is 11.1. The van der Waals surface area contributed by atoms with Gasteiger partial charge in [-0.3, -0.25) is 4.79 Å². The van der Waals surface area contributed by atoms with E-state index in [1.807, 2.05) is 0 Å². The van der Waals surface area contributed by atoms with Crippen molar-refractivity contribution >= 4 is 17.8 Å². The molecule has 0 spiro atoms. The minimum absolute atomic E-state index is 0.104. The van der Waals surface area contributed by atoms with E-state index in [-0.39, 0.29) is 5.91 Å². The first-order valence-electron chi connectivity index (χ1n) is 3.56. The molecule has 0 atom stereocenters. The summed E-state index contributed by atoms with van der Waals surface area (Å²) < 4.78 is 0. The van der Waals surface area contributed by atoms with Crippen molar-refractivity contribution in [1.82, 2.24) is 4.90 Å². The lowest BCUT2D eigenvalue weighted by molar-refractivity contribution is -0.122. The fourth-order valence-corrected chi connectivity index (χ4v) is 1.16. The van der Waals surface area contributed by atoms with Crippen LogP contribution in [0, 0.1) is 0 Å². The molecule has 0 saturated heterocycles. The molecule has 2 rings (SSSR count). The Morgan fingerprint density at radius 1 is 1.75 bits per heavy atom. The smallest absolute Gasteiger partial charge is 0.250 e. The third-order valence-electron chi connectivity index (χ3n) is 1.78. The average molecular weight is 161 g/mol. The van der Waals surface area contributed by atoms with Crippen molar-refractivity contribution in [2.24, 2.45) is 10.2 Å². The van der Waals surface area contributed by atoms with Gasteiger partial charge in [-0.05, 0) is 6.08 Å². The van der Waals surface area contributed by atoms with Gasteiger partial charge in [0, 0.05) is 11.8 Å². The molecule has 4 nitrogen and oxygen atoms in total. The summed E-state index contributed by atoms with van der Waals surface area (Å²) >= 11 is 0. The van der Waals surface area contributed by atoms with Crippen molar-refractivity contribution in [2.75, 3.05) is 6.54 Å². The summed E-state index contributed by atoms with van der Waals surface area (Å²) in [4.78, 5) is 12.7. The number of hydrogen-bond acceptors (Lipinski definition) is 3. The molecule has 1 amide bonds. The normalized spacial score (nSPS) is 18.8. The van der Waals surface area contributed by atoms with Crippen LogP contribution in [0.1, 0.15) is 0 Å². The second-order valence-corrected chi connectivity index (χ2v) is 2.55. The molecule has 0 saturated carbocycles. The maximum atomic E-state index is 11.1. The third kappa shape index (κ3) is 0.887. The van der Waals surface area contributed by atoms with Gasteiger partial charge in [0.2, 0.25) is 5.91 Å². The van der Waals surface area contributed by atoms with Gasteiger partial charge in [-0.15, -0.1) is 0 Å². The van der Waals surface area contributed by atoms with Gasteiger partial charge < -0.3 is 4.90 Å². The highest BCUT2D eigenvalue weighted by atomic mass is 16.2. The highest BCUT2D eigenvalue weighted by molar-refractivity contribution is 6.22. The largest absolute Gasteiger partial charge is 0.309 e. The van der Waals surface area contributed by atoms with Crippen molar-refractivity contribution in [2.45, 2.75) is 0 Å². The van der Waals surface area contributed by atoms with Crippen LogP contribution in [0.2, 0.25) is 0 Å². The number of hydrogen-bond donors (Lipinski definition) is 0. The van der Waals surface area contributed by atoms with Crippen LogP contribution in [-0.4, -0.2) is 29.3 Å². The molecule has 0 aliphatic carbocycles. The highest BCUT2D eigenvalue weighted by Crippen LogP contribution is 2.14. The molecule has 60 valence electrons. The van der Waals surface area contributed by atoms with Crippen LogP contribution >= 0.6 is 0 Å². The monoisotopic (exact) mass is 161 g/mol. The second kappa shape index (κ2) is 2.41. The molecular weight excluding hydrogens is 154 g/mol. The molecule has 0 aromatic carbocycles. The lowest BCUT2D eigenvalue weighted by Crippen LogP contribution is -2.23. The molecular formula is C8H7N3O. The van der Waals surface area contributed by atoms with Crippen LogP contribution in [0.25, 0.3) is 0 Å². The van der Waals surface area contributed by atoms with Crippen molar-refractivity contribution < 1.29 is 4.79 Å². The van der Waals surface area contributed by atoms with Crippen LogP contribution in [0.4, 0.5) is 0 Å². The number of nitrogens with zero attached hydrogens (tertiary/aromatic N) is 3. The fraction of sp³-hybridized carbons (Fsp3) is 0.125. The number of amides is 1. The van der Waals surface area contributed by atoms with E-state index < -0.39 is 0 Å². The predicted molar refractivity (Wildman–Crippen MR) is 45.9 cm³/mol. The molecule has 0 aromatic rings.